The van der Waals surface area contributed by atoms with E-state index in [9.17, 15) is 23.1 Å². The van der Waals surface area contributed by atoms with Crippen LogP contribution in [0.25, 0.3) is 16.7 Å². The Labute approximate surface area is 183 Å². The monoisotopic (exact) mass is 446 g/mol. The van der Waals surface area contributed by atoms with E-state index in [1.165, 1.54) is 13.1 Å². The van der Waals surface area contributed by atoms with Crippen LogP contribution in [0.5, 0.6) is 0 Å². The maximum atomic E-state index is 14.9. The molecule has 4 rings (SSSR count). The average Bonchev–Trinajstić information content (AvgIpc) is 3.03. The van der Waals surface area contributed by atoms with E-state index in [1.54, 1.807) is 13.8 Å². The van der Waals surface area contributed by atoms with Crippen LogP contribution in [0.1, 0.15) is 55.6 Å². The number of benzene rings is 1. The summed E-state index contributed by atoms with van der Waals surface area (Å²) in [6, 6.07) is 2.78. The third kappa shape index (κ3) is 4.21. The van der Waals surface area contributed by atoms with Crippen LogP contribution in [0.4, 0.5) is 13.2 Å². The van der Waals surface area contributed by atoms with Crippen molar-refractivity contribution in [3.05, 3.63) is 53.1 Å². The van der Waals surface area contributed by atoms with Crippen molar-refractivity contribution in [3.63, 3.8) is 0 Å². The molecule has 0 bridgehead atoms. The first-order valence-electron chi connectivity index (χ1n) is 10.6. The first-order valence-corrected chi connectivity index (χ1v) is 10.6. The van der Waals surface area contributed by atoms with Crippen LogP contribution in [0.15, 0.2) is 24.4 Å². The molecule has 32 heavy (non-hydrogen) atoms. The first kappa shape index (κ1) is 22.3. The molecule has 0 aliphatic heterocycles. The highest BCUT2D eigenvalue weighted by molar-refractivity contribution is 5.94. The molecule has 6 nitrogen and oxygen atoms in total. The van der Waals surface area contributed by atoms with Gasteiger partial charge in [-0.2, -0.15) is 5.10 Å². The third-order valence-electron chi connectivity index (χ3n) is 6.22. The fourth-order valence-corrected chi connectivity index (χ4v) is 4.42. The molecule has 1 fully saturated rings. The van der Waals surface area contributed by atoms with E-state index in [0.717, 1.165) is 48.6 Å². The second-order valence-electron chi connectivity index (χ2n) is 8.98. The highest BCUT2D eigenvalue weighted by atomic mass is 19.1. The number of hydrogen-bond donors (Lipinski definition) is 2. The van der Waals surface area contributed by atoms with Crippen molar-refractivity contribution in [2.45, 2.75) is 58.1 Å². The molecule has 0 unspecified atom stereocenters. The maximum Gasteiger partial charge on any atom is 0.253 e. The summed E-state index contributed by atoms with van der Waals surface area (Å²) in [7, 11) is 0. The fraction of sp³-hybridized carbons (Fsp3) is 0.435. The molecule has 0 saturated heterocycles. The van der Waals surface area contributed by atoms with E-state index in [2.05, 4.69) is 15.4 Å². The molecule has 1 aliphatic rings. The summed E-state index contributed by atoms with van der Waals surface area (Å²) in [6.07, 6.45) is 4.25. The number of carbonyl (C=O) groups is 1. The van der Waals surface area contributed by atoms with Gasteiger partial charge in [-0.05, 0) is 58.4 Å². The number of pyridine rings is 1. The van der Waals surface area contributed by atoms with Crippen molar-refractivity contribution < 1.29 is 23.1 Å². The highest BCUT2D eigenvalue weighted by Gasteiger charge is 2.32. The Morgan fingerprint density at radius 1 is 1.12 bits per heavy atom. The molecule has 2 N–H and O–H groups in total. The molecule has 2 heterocycles. The van der Waals surface area contributed by atoms with Gasteiger partial charge < -0.3 is 10.4 Å². The van der Waals surface area contributed by atoms with E-state index in [1.807, 2.05) is 0 Å². The molecule has 0 radical (unpaired) electrons. The van der Waals surface area contributed by atoms with Gasteiger partial charge in [0.05, 0.1) is 27.8 Å². The number of aliphatic hydroxyl groups is 1. The molecule has 2 aromatic heterocycles. The number of amides is 1. The fourth-order valence-electron chi connectivity index (χ4n) is 4.42. The Balaban J connectivity index is 1.53. The van der Waals surface area contributed by atoms with Gasteiger partial charge in [0.2, 0.25) is 0 Å². The van der Waals surface area contributed by atoms with Crippen molar-refractivity contribution in [3.8, 4) is 5.82 Å². The summed E-state index contributed by atoms with van der Waals surface area (Å²) in [5, 5.41) is 17.2. The number of halogens is 3. The second-order valence-corrected chi connectivity index (χ2v) is 8.98. The molecule has 0 atom stereocenters. The van der Waals surface area contributed by atoms with Crippen LogP contribution < -0.4 is 5.32 Å². The summed E-state index contributed by atoms with van der Waals surface area (Å²) in [5.74, 6) is -2.97. The molecule has 1 aromatic carbocycles. The van der Waals surface area contributed by atoms with Crippen LogP contribution >= 0.6 is 0 Å². The minimum absolute atomic E-state index is 0.0430. The number of nitrogens with zero attached hydrogens (tertiary/aromatic N) is 3. The van der Waals surface area contributed by atoms with Crippen molar-refractivity contribution in [2.24, 2.45) is 5.92 Å². The summed E-state index contributed by atoms with van der Waals surface area (Å²) in [6.45, 7) is 5.12. The van der Waals surface area contributed by atoms with Crippen molar-refractivity contribution >= 4 is 16.8 Å². The maximum absolute atomic E-state index is 14.9. The summed E-state index contributed by atoms with van der Waals surface area (Å²) < 4.78 is 43.8. The van der Waals surface area contributed by atoms with Gasteiger partial charge in [-0.25, -0.2) is 22.8 Å². The van der Waals surface area contributed by atoms with Gasteiger partial charge >= 0.3 is 0 Å². The lowest BCUT2D eigenvalue weighted by Crippen LogP contribution is -2.41. The standard InChI is InChI=1S/C23H25F3N4O2/c1-12-20-17(25)9-15(24)10-19(20)30(29-12)21-18(26)8-13(11-27-21)22(31)28-16-6-4-14(5-7-16)23(2,3)32/h8-11,14,16,32H,4-7H2,1-3H3,(H,28,31). The molecular weight excluding hydrogens is 421 g/mol. The Hall–Kier alpha value is -2.94. The van der Waals surface area contributed by atoms with Crippen LogP contribution in [0.2, 0.25) is 0 Å². The lowest BCUT2D eigenvalue weighted by molar-refractivity contribution is -0.00257. The second kappa shape index (κ2) is 8.20. The lowest BCUT2D eigenvalue weighted by atomic mass is 9.77. The van der Waals surface area contributed by atoms with Gasteiger partial charge in [0.1, 0.15) is 11.6 Å². The van der Waals surface area contributed by atoms with Gasteiger partial charge in [-0.1, -0.05) is 0 Å². The number of rotatable bonds is 4. The van der Waals surface area contributed by atoms with Crippen LogP contribution in [0, 0.1) is 30.3 Å². The molecule has 1 aliphatic carbocycles. The smallest absolute Gasteiger partial charge is 0.253 e. The minimum atomic E-state index is -0.836. The van der Waals surface area contributed by atoms with Gasteiger partial charge in [-0.15, -0.1) is 0 Å². The summed E-state index contributed by atoms with van der Waals surface area (Å²) in [5.41, 5.74) is -0.394. The topological polar surface area (TPSA) is 80.0 Å². The SMILES string of the molecule is Cc1nn(-c2ncc(C(=O)NC3CCC(C(C)(C)O)CC3)cc2F)c2cc(F)cc(F)c12. The zero-order valence-electron chi connectivity index (χ0n) is 18.1. The van der Waals surface area contributed by atoms with Gasteiger partial charge in [0, 0.05) is 24.4 Å². The van der Waals surface area contributed by atoms with Gasteiger partial charge in [0.25, 0.3) is 5.91 Å². The Kier molecular flexibility index (Phi) is 5.70. The molecule has 1 saturated carbocycles. The third-order valence-corrected chi connectivity index (χ3v) is 6.22. The predicted molar refractivity (Wildman–Crippen MR) is 113 cm³/mol. The quantitative estimate of drug-likeness (QED) is 0.629. The number of carbonyl (C=O) groups excluding carboxylic acids is 1. The van der Waals surface area contributed by atoms with E-state index in [4.69, 9.17) is 0 Å². The van der Waals surface area contributed by atoms with Gasteiger partial charge in [-0.3, -0.25) is 4.79 Å². The van der Waals surface area contributed by atoms with E-state index < -0.39 is 29.0 Å². The highest BCUT2D eigenvalue weighted by Crippen LogP contribution is 2.32. The van der Waals surface area contributed by atoms with E-state index in [0.29, 0.717) is 0 Å². The zero-order chi connectivity index (χ0) is 23.2. The number of fused-ring (bicyclic) bond motifs is 1. The largest absolute Gasteiger partial charge is 0.390 e. The summed E-state index contributed by atoms with van der Waals surface area (Å²) in [4.78, 5) is 16.6. The average molecular weight is 446 g/mol. The van der Waals surface area contributed by atoms with Crippen molar-refractivity contribution in [1.29, 1.82) is 0 Å². The molecule has 170 valence electrons. The molecule has 9 heteroatoms. The predicted octanol–water partition coefficient (Wildman–Crippen LogP) is 4.21. The molecular formula is C23H25F3N4O2. The molecule has 3 aromatic rings. The van der Waals surface area contributed by atoms with E-state index >= 15 is 0 Å². The Morgan fingerprint density at radius 3 is 2.44 bits per heavy atom. The molecule has 1 amide bonds. The number of nitrogens with one attached hydrogen (secondary N) is 1. The van der Waals surface area contributed by atoms with Crippen LogP contribution in [-0.2, 0) is 0 Å². The van der Waals surface area contributed by atoms with Crippen LogP contribution in [-0.4, -0.2) is 37.4 Å². The lowest BCUT2D eigenvalue weighted by Gasteiger charge is -2.36. The van der Waals surface area contributed by atoms with E-state index in [-0.39, 0.29) is 39.9 Å². The normalized spacial score (nSPS) is 19.3. The Bertz CT molecular complexity index is 1180. The minimum Gasteiger partial charge on any atom is -0.390 e. The summed E-state index contributed by atoms with van der Waals surface area (Å²) >= 11 is 0. The number of aromatic nitrogens is 3. The number of hydrogen-bond acceptors (Lipinski definition) is 4. The number of aryl methyl sites for hydroxylation is 1. The molecule has 0 spiro atoms. The Morgan fingerprint density at radius 2 is 1.81 bits per heavy atom. The van der Waals surface area contributed by atoms with Crippen molar-refractivity contribution in [1.82, 2.24) is 20.1 Å². The van der Waals surface area contributed by atoms with Crippen LogP contribution in [0.3, 0.4) is 0 Å². The van der Waals surface area contributed by atoms with Crippen molar-refractivity contribution in [2.75, 3.05) is 0 Å². The zero-order valence-corrected chi connectivity index (χ0v) is 18.1. The first-order chi connectivity index (χ1) is 15.0. The van der Waals surface area contributed by atoms with Gasteiger partial charge in [0.15, 0.2) is 11.6 Å².